The molecule has 1 heterocycles. The maximum atomic E-state index is 14.6. The predicted octanol–water partition coefficient (Wildman–Crippen LogP) is 5.00. The predicted molar refractivity (Wildman–Crippen MR) is 121 cm³/mol. The minimum atomic E-state index is -4.21. The minimum absolute atomic E-state index is 0.0102. The molecule has 0 fully saturated rings. The average molecular weight is 488 g/mol. The molecule has 34 heavy (non-hydrogen) atoms. The Morgan fingerprint density at radius 1 is 1.03 bits per heavy atom. The Labute approximate surface area is 194 Å². The van der Waals surface area contributed by atoms with Gasteiger partial charge in [0.1, 0.15) is 11.4 Å². The van der Waals surface area contributed by atoms with Crippen LogP contribution in [0.4, 0.5) is 13.2 Å². The first-order valence-corrected chi connectivity index (χ1v) is 11.6. The molecular weight excluding hydrogens is 467 g/mol. The summed E-state index contributed by atoms with van der Waals surface area (Å²) in [5.74, 6) is -0.827. The number of halogens is 3. The first kappa shape index (κ1) is 23.5. The number of hydrogen-bond acceptors (Lipinski definition) is 4. The van der Waals surface area contributed by atoms with Gasteiger partial charge in [-0.2, -0.15) is 5.10 Å². The van der Waals surface area contributed by atoms with Crippen LogP contribution in [-0.2, 0) is 16.6 Å². The SMILES string of the molecule is COc1ccc(-c2c(-c3ccccc3S(N)(=O)=O)nn(Cc3ccccc3)c2C(F)F)cc1F. The number of primary sulfonamides is 1. The van der Waals surface area contributed by atoms with Gasteiger partial charge in [-0.15, -0.1) is 0 Å². The highest BCUT2D eigenvalue weighted by molar-refractivity contribution is 7.89. The zero-order valence-corrected chi connectivity index (χ0v) is 18.8. The van der Waals surface area contributed by atoms with Crippen LogP contribution in [0.15, 0.2) is 77.7 Å². The largest absolute Gasteiger partial charge is 0.494 e. The van der Waals surface area contributed by atoms with Crippen molar-refractivity contribution in [3.8, 4) is 28.1 Å². The second-order valence-electron chi connectivity index (χ2n) is 7.44. The third kappa shape index (κ3) is 4.55. The van der Waals surface area contributed by atoms with Crippen molar-refractivity contribution in [1.29, 1.82) is 0 Å². The summed E-state index contributed by atoms with van der Waals surface area (Å²) in [4.78, 5) is -0.282. The third-order valence-electron chi connectivity index (χ3n) is 5.26. The van der Waals surface area contributed by atoms with Gasteiger partial charge in [-0.3, -0.25) is 4.68 Å². The van der Waals surface area contributed by atoms with Crippen LogP contribution in [0, 0.1) is 5.82 Å². The van der Waals surface area contributed by atoms with E-state index in [0.717, 1.165) is 10.7 Å². The maximum absolute atomic E-state index is 14.6. The Bertz CT molecular complexity index is 1440. The first-order chi connectivity index (χ1) is 16.2. The number of hydrogen-bond donors (Lipinski definition) is 1. The molecule has 0 aliphatic carbocycles. The number of benzene rings is 3. The summed E-state index contributed by atoms with van der Waals surface area (Å²) < 4.78 is 74.0. The Kier molecular flexibility index (Phi) is 6.45. The summed E-state index contributed by atoms with van der Waals surface area (Å²) in [6.07, 6.45) is -2.99. The normalized spacial score (nSPS) is 11.7. The van der Waals surface area contributed by atoms with E-state index in [1.807, 2.05) is 0 Å². The highest BCUT2D eigenvalue weighted by Crippen LogP contribution is 2.42. The third-order valence-corrected chi connectivity index (χ3v) is 6.23. The molecule has 0 aliphatic heterocycles. The molecule has 3 aromatic carbocycles. The van der Waals surface area contributed by atoms with Gasteiger partial charge < -0.3 is 4.74 Å². The molecular formula is C24H20F3N3O3S. The molecule has 0 bridgehead atoms. The number of alkyl halides is 2. The summed E-state index contributed by atoms with van der Waals surface area (Å²) in [6, 6.07) is 18.3. The highest BCUT2D eigenvalue weighted by atomic mass is 32.2. The zero-order chi connectivity index (χ0) is 24.5. The first-order valence-electron chi connectivity index (χ1n) is 10.1. The molecule has 0 saturated carbocycles. The number of ether oxygens (including phenoxy) is 1. The van der Waals surface area contributed by atoms with E-state index in [0.29, 0.717) is 5.56 Å². The van der Waals surface area contributed by atoms with Gasteiger partial charge in [-0.25, -0.2) is 26.7 Å². The lowest BCUT2D eigenvalue weighted by molar-refractivity contribution is 0.140. The van der Waals surface area contributed by atoms with E-state index in [1.54, 1.807) is 36.4 Å². The van der Waals surface area contributed by atoms with E-state index in [9.17, 15) is 21.6 Å². The number of rotatable bonds is 7. The van der Waals surface area contributed by atoms with Gasteiger partial charge in [0.2, 0.25) is 10.0 Å². The maximum Gasteiger partial charge on any atom is 0.280 e. The second kappa shape index (κ2) is 9.32. The van der Waals surface area contributed by atoms with E-state index in [1.165, 1.54) is 37.4 Å². The number of methoxy groups -OCH3 is 1. The van der Waals surface area contributed by atoms with Gasteiger partial charge in [-0.1, -0.05) is 54.6 Å². The molecule has 1 aromatic heterocycles. The molecule has 4 aromatic rings. The van der Waals surface area contributed by atoms with Crippen LogP contribution in [0.2, 0.25) is 0 Å². The lowest BCUT2D eigenvalue weighted by Gasteiger charge is -2.11. The van der Waals surface area contributed by atoms with Crippen molar-refractivity contribution in [2.75, 3.05) is 7.11 Å². The fraction of sp³-hybridized carbons (Fsp3) is 0.125. The number of nitrogens with two attached hydrogens (primary N) is 1. The fourth-order valence-electron chi connectivity index (χ4n) is 3.78. The van der Waals surface area contributed by atoms with Gasteiger partial charge in [0.25, 0.3) is 6.43 Å². The van der Waals surface area contributed by atoms with E-state index in [2.05, 4.69) is 5.10 Å². The molecule has 0 radical (unpaired) electrons. The summed E-state index contributed by atoms with van der Waals surface area (Å²) in [7, 11) is -2.93. The molecule has 4 rings (SSSR count). The quantitative estimate of drug-likeness (QED) is 0.398. The van der Waals surface area contributed by atoms with Crippen LogP contribution in [0.5, 0.6) is 5.75 Å². The van der Waals surface area contributed by atoms with E-state index >= 15 is 0 Å². The van der Waals surface area contributed by atoms with Crippen LogP contribution in [0.3, 0.4) is 0 Å². The second-order valence-corrected chi connectivity index (χ2v) is 8.97. The van der Waals surface area contributed by atoms with E-state index < -0.39 is 28.0 Å². The van der Waals surface area contributed by atoms with Gasteiger partial charge in [0.05, 0.1) is 18.6 Å². The Balaban J connectivity index is 2.05. The summed E-state index contributed by atoms with van der Waals surface area (Å²) in [5.41, 5.74) is 0.194. The molecule has 0 spiro atoms. The van der Waals surface area contributed by atoms with Crippen LogP contribution in [-0.4, -0.2) is 25.3 Å². The van der Waals surface area contributed by atoms with Gasteiger partial charge in [-0.05, 0) is 29.3 Å². The average Bonchev–Trinajstić information content (AvgIpc) is 3.18. The Hall–Kier alpha value is -3.63. The topological polar surface area (TPSA) is 87.2 Å². The van der Waals surface area contributed by atoms with E-state index in [-0.39, 0.29) is 39.6 Å². The molecule has 0 aliphatic rings. The molecule has 0 atom stereocenters. The van der Waals surface area contributed by atoms with Crippen molar-refractivity contribution < 1.29 is 26.3 Å². The molecule has 0 unspecified atom stereocenters. The van der Waals surface area contributed by atoms with Crippen LogP contribution >= 0.6 is 0 Å². The van der Waals surface area contributed by atoms with Crippen molar-refractivity contribution in [2.45, 2.75) is 17.9 Å². The summed E-state index contributed by atoms with van der Waals surface area (Å²) >= 11 is 0. The summed E-state index contributed by atoms with van der Waals surface area (Å²) in [5, 5.41) is 9.77. The molecule has 176 valence electrons. The van der Waals surface area contributed by atoms with Crippen molar-refractivity contribution in [3.63, 3.8) is 0 Å². The molecule has 6 nitrogen and oxygen atoms in total. The number of aromatic nitrogens is 2. The standard InChI is InChI=1S/C24H20F3N3O3S/c1-33-19-12-11-16(13-18(19)25)21-22(17-9-5-6-10-20(17)34(28,31)32)29-30(23(21)24(26)27)14-15-7-3-2-4-8-15/h2-13,24H,14H2,1H3,(H2,28,31,32). The molecule has 10 heteroatoms. The highest BCUT2D eigenvalue weighted by Gasteiger charge is 2.29. The van der Waals surface area contributed by atoms with E-state index in [4.69, 9.17) is 9.88 Å². The van der Waals surface area contributed by atoms with Crippen LogP contribution in [0.25, 0.3) is 22.4 Å². The summed E-state index contributed by atoms with van der Waals surface area (Å²) in [6.45, 7) is -0.0102. The number of nitrogens with zero attached hydrogens (tertiary/aromatic N) is 2. The molecule has 2 N–H and O–H groups in total. The van der Waals surface area contributed by atoms with Gasteiger partial charge >= 0.3 is 0 Å². The van der Waals surface area contributed by atoms with Crippen molar-refractivity contribution in [2.24, 2.45) is 5.14 Å². The molecule has 0 amide bonds. The lowest BCUT2D eigenvalue weighted by Crippen LogP contribution is -2.13. The fourth-order valence-corrected chi connectivity index (χ4v) is 4.52. The van der Waals surface area contributed by atoms with Crippen molar-refractivity contribution >= 4 is 10.0 Å². The monoisotopic (exact) mass is 487 g/mol. The lowest BCUT2D eigenvalue weighted by atomic mass is 9.98. The smallest absolute Gasteiger partial charge is 0.280 e. The Morgan fingerprint density at radius 3 is 2.32 bits per heavy atom. The zero-order valence-electron chi connectivity index (χ0n) is 18.0. The van der Waals surface area contributed by atoms with Crippen LogP contribution in [0.1, 0.15) is 17.7 Å². The van der Waals surface area contributed by atoms with Crippen molar-refractivity contribution in [3.05, 3.63) is 89.9 Å². The Morgan fingerprint density at radius 2 is 1.71 bits per heavy atom. The van der Waals surface area contributed by atoms with Crippen LogP contribution < -0.4 is 9.88 Å². The van der Waals surface area contributed by atoms with Gasteiger partial charge in [0, 0.05) is 11.1 Å². The molecule has 0 saturated heterocycles. The number of sulfonamides is 1. The van der Waals surface area contributed by atoms with Gasteiger partial charge in [0.15, 0.2) is 11.6 Å². The minimum Gasteiger partial charge on any atom is -0.494 e. The van der Waals surface area contributed by atoms with Crippen molar-refractivity contribution in [1.82, 2.24) is 9.78 Å².